The highest BCUT2D eigenvalue weighted by atomic mass is 16.7. The molecule has 0 saturated heterocycles. The molecular weight excluding hydrogens is 228 g/mol. The minimum Gasteiger partial charge on any atom is -0.454 e. The van der Waals surface area contributed by atoms with E-state index in [0.717, 1.165) is 0 Å². The summed E-state index contributed by atoms with van der Waals surface area (Å²) in [7, 11) is 6.10. The van der Waals surface area contributed by atoms with Crippen LogP contribution in [-0.4, -0.2) is 52.1 Å². The minimum atomic E-state index is -0.148. The molecule has 0 spiro atoms. The van der Waals surface area contributed by atoms with Crippen LogP contribution in [0.3, 0.4) is 0 Å². The normalized spacial score (nSPS) is 15.1. The molecule has 0 aliphatic carbocycles. The van der Waals surface area contributed by atoms with Crippen molar-refractivity contribution in [1.82, 2.24) is 4.90 Å². The Kier molecular flexibility index (Phi) is 3.66. The van der Waals surface area contributed by atoms with Gasteiger partial charge in [-0.1, -0.05) is 0 Å². The van der Waals surface area contributed by atoms with Gasteiger partial charge in [-0.3, -0.25) is 4.79 Å². The van der Waals surface area contributed by atoms with Gasteiger partial charge in [0.2, 0.25) is 6.79 Å². The summed E-state index contributed by atoms with van der Waals surface area (Å²) in [5.74, 6) is 1.79. The number of rotatable bonds is 4. The number of likely N-dealkylation sites (N-methyl/N-ethyl adjacent to an activating group) is 1. The van der Waals surface area contributed by atoms with Crippen molar-refractivity contribution in [3.05, 3.63) is 23.8 Å². The van der Waals surface area contributed by atoms with Crippen molar-refractivity contribution >= 4 is 21.5 Å². The third-order valence-corrected chi connectivity index (χ3v) is 3.46. The van der Waals surface area contributed by atoms with Crippen LogP contribution in [-0.2, 0) is 0 Å². The second kappa shape index (κ2) is 5.06. The standard InChI is InChI=1S/C12H17B2NO3/c1-7(15(2)12(13)14)11(16)8-3-4-9-10(5-8)18-6-17-9/h3-5,7,12H,6,13-14H2,1-2H3. The molecular formula is C12H17B2NO3. The van der Waals surface area contributed by atoms with Gasteiger partial charge in [0.05, 0.1) is 6.04 Å². The van der Waals surface area contributed by atoms with E-state index in [1.165, 1.54) is 0 Å². The van der Waals surface area contributed by atoms with Gasteiger partial charge < -0.3 is 14.4 Å². The van der Waals surface area contributed by atoms with Crippen LogP contribution in [0.1, 0.15) is 17.3 Å². The van der Waals surface area contributed by atoms with Crippen LogP contribution in [0.15, 0.2) is 18.2 Å². The molecule has 0 saturated carbocycles. The predicted molar refractivity (Wildman–Crippen MR) is 75.0 cm³/mol. The molecule has 0 aromatic heterocycles. The molecule has 18 heavy (non-hydrogen) atoms. The molecule has 1 unspecified atom stereocenters. The van der Waals surface area contributed by atoms with Crippen LogP contribution in [0, 0.1) is 0 Å². The van der Waals surface area contributed by atoms with Gasteiger partial charge in [-0.2, -0.15) is 0 Å². The third-order valence-electron chi connectivity index (χ3n) is 3.46. The number of nitrogens with zero attached hydrogens (tertiary/aromatic N) is 1. The lowest BCUT2D eigenvalue weighted by Gasteiger charge is -2.27. The maximum absolute atomic E-state index is 12.4. The quantitative estimate of drug-likeness (QED) is 0.527. The van der Waals surface area contributed by atoms with Gasteiger partial charge in [0.25, 0.3) is 0 Å². The fraction of sp³-hybridized carbons (Fsp3) is 0.417. The Morgan fingerprint density at radius 3 is 2.67 bits per heavy atom. The predicted octanol–water partition coefficient (Wildman–Crippen LogP) is -0.532. The molecule has 1 aliphatic heterocycles. The number of ether oxygens (including phenoxy) is 2. The van der Waals surface area contributed by atoms with Gasteiger partial charge in [-0.05, 0) is 38.0 Å². The average molecular weight is 245 g/mol. The van der Waals surface area contributed by atoms with Crippen LogP contribution >= 0.6 is 0 Å². The third kappa shape index (κ3) is 2.38. The van der Waals surface area contributed by atoms with E-state index in [0.29, 0.717) is 22.9 Å². The van der Waals surface area contributed by atoms with Crippen molar-refractivity contribution in [3.63, 3.8) is 0 Å². The Morgan fingerprint density at radius 1 is 1.33 bits per heavy atom. The van der Waals surface area contributed by atoms with Crippen molar-refractivity contribution < 1.29 is 14.3 Å². The molecule has 4 nitrogen and oxygen atoms in total. The zero-order chi connectivity index (χ0) is 13.3. The topological polar surface area (TPSA) is 38.8 Å². The number of ketones is 1. The molecule has 0 amide bonds. The molecule has 6 heteroatoms. The Labute approximate surface area is 109 Å². The van der Waals surface area contributed by atoms with Crippen LogP contribution in [0.5, 0.6) is 11.5 Å². The second-order valence-electron chi connectivity index (χ2n) is 4.87. The van der Waals surface area contributed by atoms with E-state index in [1.807, 2.05) is 18.9 Å². The molecule has 1 aromatic carbocycles. The average Bonchev–Trinajstić information content (AvgIpc) is 2.82. The SMILES string of the molecule is BC(B)N(C)C(C)C(=O)c1ccc2c(c1)OCO2. The Bertz CT molecular complexity index is 465. The summed E-state index contributed by atoms with van der Waals surface area (Å²) in [5, 5.41) is 0. The number of fused-ring (bicyclic) bond motifs is 1. The van der Waals surface area contributed by atoms with Crippen molar-refractivity contribution in [2.75, 3.05) is 13.8 Å². The number of carbonyl (C=O) groups excluding carboxylic acids is 1. The number of carbonyl (C=O) groups is 1. The van der Waals surface area contributed by atoms with E-state index < -0.39 is 0 Å². The zero-order valence-electron chi connectivity index (χ0n) is 11.3. The summed E-state index contributed by atoms with van der Waals surface area (Å²) in [6.07, 6.45) is 0. The van der Waals surface area contributed by atoms with Crippen molar-refractivity contribution in [3.8, 4) is 11.5 Å². The van der Waals surface area contributed by atoms with Gasteiger partial charge in [0, 0.05) is 5.56 Å². The molecule has 1 heterocycles. The molecule has 2 rings (SSSR count). The van der Waals surface area contributed by atoms with Gasteiger partial charge in [0.1, 0.15) is 15.7 Å². The second-order valence-corrected chi connectivity index (χ2v) is 4.87. The van der Waals surface area contributed by atoms with E-state index in [4.69, 9.17) is 9.47 Å². The number of hydrogen-bond acceptors (Lipinski definition) is 4. The molecule has 0 radical (unpaired) electrons. The fourth-order valence-electron chi connectivity index (χ4n) is 1.92. The van der Waals surface area contributed by atoms with E-state index in [-0.39, 0.29) is 18.6 Å². The van der Waals surface area contributed by atoms with E-state index in [1.54, 1.807) is 18.2 Å². The summed E-state index contributed by atoms with van der Waals surface area (Å²) in [4.78, 5) is 14.4. The van der Waals surface area contributed by atoms with E-state index >= 15 is 0 Å². The Balaban J connectivity index is 2.19. The molecule has 0 N–H and O–H groups in total. The van der Waals surface area contributed by atoms with Crippen molar-refractivity contribution in [1.29, 1.82) is 0 Å². The molecule has 1 atom stereocenters. The summed E-state index contributed by atoms with van der Waals surface area (Å²) in [6.45, 7) is 2.15. The lowest BCUT2D eigenvalue weighted by Crippen LogP contribution is -2.43. The molecule has 1 aliphatic rings. The lowest BCUT2D eigenvalue weighted by atomic mass is 9.76. The smallest absolute Gasteiger partial charge is 0.231 e. The van der Waals surface area contributed by atoms with Crippen LogP contribution in [0.4, 0.5) is 0 Å². The van der Waals surface area contributed by atoms with Gasteiger partial charge >= 0.3 is 0 Å². The Hall–Kier alpha value is -1.42. The maximum atomic E-state index is 12.4. The van der Waals surface area contributed by atoms with Crippen LogP contribution < -0.4 is 9.47 Å². The largest absolute Gasteiger partial charge is 0.454 e. The first kappa shape index (κ1) is 13.0. The summed E-state index contributed by atoms with van der Waals surface area (Å²) in [6, 6.07) is 5.19. The molecule has 94 valence electrons. The van der Waals surface area contributed by atoms with Gasteiger partial charge in [-0.25, -0.2) is 0 Å². The molecule has 1 aromatic rings. The number of Topliss-reactive ketones (excluding diaryl/α,β-unsaturated/α-hetero) is 1. The van der Waals surface area contributed by atoms with E-state index in [9.17, 15) is 4.79 Å². The van der Waals surface area contributed by atoms with Gasteiger partial charge in [-0.15, -0.1) is 0 Å². The maximum Gasteiger partial charge on any atom is 0.231 e. The fourth-order valence-corrected chi connectivity index (χ4v) is 1.92. The summed E-state index contributed by atoms with van der Waals surface area (Å²) >= 11 is 0. The van der Waals surface area contributed by atoms with Crippen molar-refractivity contribution in [2.45, 2.75) is 18.8 Å². The van der Waals surface area contributed by atoms with Crippen LogP contribution in [0.2, 0.25) is 0 Å². The first-order valence-electron chi connectivity index (χ1n) is 6.16. The first-order chi connectivity index (χ1) is 8.50. The van der Waals surface area contributed by atoms with Gasteiger partial charge in [0.15, 0.2) is 17.3 Å². The summed E-state index contributed by atoms with van der Waals surface area (Å²) in [5.41, 5.74) is 0.666. The number of hydrogen-bond donors (Lipinski definition) is 0. The van der Waals surface area contributed by atoms with E-state index in [2.05, 4.69) is 15.7 Å². The highest BCUT2D eigenvalue weighted by Crippen LogP contribution is 2.32. The summed E-state index contributed by atoms with van der Waals surface area (Å²) < 4.78 is 10.5. The Morgan fingerprint density at radius 2 is 2.00 bits per heavy atom. The minimum absolute atomic E-state index is 0.101. The highest BCUT2D eigenvalue weighted by molar-refractivity contribution is 6.35. The number of benzene rings is 1. The zero-order valence-corrected chi connectivity index (χ0v) is 11.3. The highest BCUT2D eigenvalue weighted by Gasteiger charge is 2.23. The lowest BCUT2D eigenvalue weighted by molar-refractivity contribution is 0.0875. The molecule has 0 bridgehead atoms. The first-order valence-corrected chi connectivity index (χ1v) is 6.16. The molecule has 0 fully saturated rings. The van der Waals surface area contributed by atoms with Crippen molar-refractivity contribution in [2.24, 2.45) is 0 Å². The van der Waals surface area contributed by atoms with Crippen LogP contribution in [0.25, 0.3) is 0 Å². The monoisotopic (exact) mass is 245 g/mol.